The molecule has 3 nitrogen and oxygen atoms in total. The predicted octanol–water partition coefficient (Wildman–Crippen LogP) is 3.75. The van der Waals surface area contributed by atoms with E-state index in [4.69, 9.17) is 11.6 Å². The van der Waals surface area contributed by atoms with Crippen LogP contribution in [0.15, 0.2) is 36.4 Å². The number of halogens is 2. The molecule has 19 heavy (non-hydrogen) atoms. The van der Waals surface area contributed by atoms with Gasteiger partial charge in [0.05, 0.1) is 5.69 Å². The number of phenols is 1. The topological polar surface area (TPSA) is 49.3 Å². The Kier molecular flexibility index (Phi) is 3.71. The Morgan fingerprint density at radius 1 is 1.26 bits per heavy atom. The van der Waals surface area contributed by atoms with Gasteiger partial charge in [0, 0.05) is 10.6 Å². The van der Waals surface area contributed by atoms with E-state index in [9.17, 15) is 14.3 Å². The van der Waals surface area contributed by atoms with Crippen molar-refractivity contribution in [3.05, 3.63) is 58.4 Å². The molecule has 0 saturated heterocycles. The van der Waals surface area contributed by atoms with Crippen molar-refractivity contribution in [2.75, 3.05) is 5.32 Å². The van der Waals surface area contributed by atoms with E-state index in [2.05, 4.69) is 5.32 Å². The van der Waals surface area contributed by atoms with Crippen molar-refractivity contribution < 1.29 is 14.3 Å². The third kappa shape index (κ3) is 3.03. The molecule has 0 unspecified atom stereocenters. The van der Waals surface area contributed by atoms with E-state index >= 15 is 0 Å². The Labute approximate surface area is 114 Å². The van der Waals surface area contributed by atoms with Gasteiger partial charge in [0.25, 0.3) is 5.91 Å². The monoisotopic (exact) mass is 279 g/mol. The van der Waals surface area contributed by atoms with E-state index in [1.54, 1.807) is 6.92 Å². The molecule has 5 heteroatoms. The molecule has 0 saturated carbocycles. The van der Waals surface area contributed by atoms with E-state index in [1.807, 2.05) is 0 Å². The van der Waals surface area contributed by atoms with E-state index in [1.165, 1.54) is 30.3 Å². The Morgan fingerprint density at radius 2 is 2.00 bits per heavy atom. The summed E-state index contributed by atoms with van der Waals surface area (Å²) in [6.45, 7) is 1.69. The maximum Gasteiger partial charge on any atom is 0.256 e. The van der Waals surface area contributed by atoms with E-state index in [-0.39, 0.29) is 16.5 Å². The van der Waals surface area contributed by atoms with Crippen LogP contribution in [0.1, 0.15) is 15.9 Å². The number of amides is 1. The molecule has 0 aliphatic rings. The number of benzene rings is 2. The highest BCUT2D eigenvalue weighted by Gasteiger charge is 2.12. The van der Waals surface area contributed by atoms with Crippen LogP contribution in [-0.2, 0) is 0 Å². The van der Waals surface area contributed by atoms with Crippen molar-refractivity contribution >= 4 is 23.2 Å². The first kappa shape index (κ1) is 13.4. The number of aromatic hydroxyl groups is 1. The van der Waals surface area contributed by atoms with Crippen molar-refractivity contribution in [3.63, 3.8) is 0 Å². The molecule has 2 aromatic rings. The molecule has 98 valence electrons. The van der Waals surface area contributed by atoms with Gasteiger partial charge in [-0.15, -0.1) is 0 Å². The average Bonchev–Trinajstić information content (AvgIpc) is 2.32. The molecule has 0 aromatic heterocycles. The fourth-order valence-corrected chi connectivity index (χ4v) is 1.84. The minimum absolute atomic E-state index is 0.0573. The molecule has 0 aliphatic heterocycles. The highest BCUT2D eigenvalue weighted by atomic mass is 35.5. The van der Waals surface area contributed by atoms with Crippen LogP contribution in [0.2, 0.25) is 5.02 Å². The van der Waals surface area contributed by atoms with E-state index in [0.29, 0.717) is 11.1 Å². The van der Waals surface area contributed by atoms with E-state index in [0.717, 1.165) is 6.07 Å². The zero-order valence-electron chi connectivity index (χ0n) is 10.1. The molecule has 2 N–H and O–H groups in total. The van der Waals surface area contributed by atoms with Crippen molar-refractivity contribution in [3.8, 4) is 5.75 Å². The van der Waals surface area contributed by atoms with Crippen LogP contribution in [0.25, 0.3) is 0 Å². The number of carbonyl (C=O) groups excluding carboxylic acids is 1. The van der Waals surface area contributed by atoms with Crippen LogP contribution >= 0.6 is 11.6 Å². The average molecular weight is 280 g/mol. The Morgan fingerprint density at radius 3 is 2.63 bits per heavy atom. The van der Waals surface area contributed by atoms with Gasteiger partial charge in [-0.3, -0.25) is 4.79 Å². The van der Waals surface area contributed by atoms with Gasteiger partial charge in [0.15, 0.2) is 0 Å². The Hall–Kier alpha value is -2.07. The van der Waals surface area contributed by atoms with E-state index < -0.39 is 11.7 Å². The predicted molar refractivity (Wildman–Crippen MR) is 72.2 cm³/mol. The number of hydrogen-bond acceptors (Lipinski definition) is 2. The summed E-state index contributed by atoms with van der Waals surface area (Å²) in [7, 11) is 0. The summed E-state index contributed by atoms with van der Waals surface area (Å²) in [5, 5.41) is 12.0. The van der Waals surface area contributed by atoms with Crippen molar-refractivity contribution in [1.29, 1.82) is 0 Å². The van der Waals surface area contributed by atoms with Crippen LogP contribution in [0, 0.1) is 12.7 Å². The third-order valence-electron chi connectivity index (χ3n) is 2.63. The number of aryl methyl sites for hydroxylation is 1. The lowest BCUT2D eigenvalue weighted by atomic mass is 10.1. The van der Waals surface area contributed by atoms with Crippen LogP contribution in [0.4, 0.5) is 10.1 Å². The van der Waals surface area contributed by atoms with Gasteiger partial charge < -0.3 is 10.4 Å². The second-order valence-corrected chi connectivity index (χ2v) is 4.51. The largest absolute Gasteiger partial charge is 0.508 e. The summed E-state index contributed by atoms with van der Waals surface area (Å²) in [5.41, 5.74) is 1.03. The molecule has 0 atom stereocenters. The number of hydrogen-bond donors (Lipinski definition) is 2. The second-order valence-electron chi connectivity index (χ2n) is 4.08. The first-order valence-electron chi connectivity index (χ1n) is 5.53. The molecule has 0 radical (unpaired) electrons. The zero-order valence-corrected chi connectivity index (χ0v) is 10.8. The van der Waals surface area contributed by atoms with Gasteiger partial charge in [-0.2, -0.15) is 0 Å². The van der Waals surface area contributed by atoms with Crippen molar-refractivity contribution in [1.82, 2.24) is 0 Å². The second kappa shape index (κ2) is 5.28. The summed E-state index contributed by atoms with van der Waals surface area (Å²) in [6.07, 6.45) is 0. The van der Waals surface area contributed by atoms with Gasteiger partial charge >= 0.3 is 0 Å². The summed E-state index contributed by atoms with van der Waals surface area (Å²) >= 11 is 5.63. The molecular formula is C14H11ClFNO2. The highest BCUT2D eigenvalue weighted by Crippen LogP contribution is 2.21. The molecule has 0 heterocycles. The summed E-state index contributed by atoms with van der Waals surface area (Å²) in [6, 6.07) is 8.36. The number of carbonyl (C=O) groups is 1. The third-order valence-corrected chi connectivity index (χ3v) is 2.87. The molecular weight excluding hydrogens is 269 g/mol. The minimum atomic E-state index is -0.600. The molecule has 0 spiro atoms. The maximum atomic E-state index is 13.6. The van der Waals surface area contributed by atoms with Gasteiger partial charge in [-0.1, -0.05) is 11.6 Å². The number of phenolic OH excluding ortho intramolecular Hbond substituents is 1. The van der Waals surface area contributed by atoms with Gasteiger partial charge in [0.2, 0.25) is 0 Å². The minimum Gasteiger partial charge on any atom is -0.508 e. The number of rotatable bonds is 2. The SMILES string of the molecule is Cc1cc(O)ccc1C(=O)Nc1ccc(Cl)cc1F. The lowest BCUT2D eigenvalue weighted by Crippen LogP contribution is -2.14. The summed E-state index contributed by atoms with van der Waals surface area (Å²) in [5.74, 6) is -0.970. The van der Waals surface area contributed by atoms with Gasteiger partial charge in [-0.05, 0) is 48.9 Å². The quantitative estimate of drug-likeness (QED) is 0.880. The van der Waals surface area contributed by atoms with Crippen LogP contribution in [0.3, 0.4) is 0 Å². The lowest BCUT2D eigenvalue weighted by molar-refractivity contribution is 0.102. The summed E-state index contributed by atoms with van der Waals surface area (Å²) < 4.78 is 13.6. The Balaban J connectivity index is 2.25. The number of anilines is 1. The van der Waals surface area contributed by atoms with Crippen LogP contribution in [-0.4, -0.2) is 11.0 Å². The molecule has 1 amide bonds. The Bertz CT molecular complexity index is 643. The first-order valence-corrected chi connectivity index (χ1v) is 5.91. The lowest BCUT2D eigenvalue weighted by Gasteiger charge is -2.09. The van der Waals surface area contributed by atoms with Crippen LogP contribution in [0.5, 0.6) is 5.75 Å². The number of nitrogens with one attached hydrogen (secondary N) is 1. The molecule has 0 aliphatic carbocycles. The molecule has 2 aromatic carbocycles. The molecule has 2 rings (SSSR count). The maximum absolute atomic E-state index is 13.6. The van der Waals surface area contributed by atoms with Gasteiger partial charge in [-0.25, -0.2) is 4.39 Å². The molecule has 0 bridgehead atoms. The van der Waals surface area contributed by atoms with Crippen molar-refractivity contribution in [2.24, 2.45) is 0 Å². The van der Waals surface area contributed by atoms with Crippen LogP contribution < -0.4 is 5.32 Å². The molecule has 0 fully saturated rings. The standard InChI is InChI=1S/C14H11ClFNO2/c1-8-6-10(18)3-4-11(8)14(19)17-13-5-2-9(15)7-12(13)16/h2-7,18H,1H3,(H,17,19). The normalized spacial score (nSPS) is 10.3. The highest BCUT2D eigenvalue weighted by molar-refractivity contribution is 6.30. The van der Waals surface area contributed by atoms with Crippen molar-refractivity contribution in [2.45, 2.75) is 6.92 Å². The summed E-state index contributed by atoms with van der Waals surface area (Å²) in [4.78, 5) is 12.0. The zero-order chi connectivity index (χ0) is 14.0. The smallest absolute Gasteiger partial charge is 0.256 e. The van der Waals surface area contributed by atoms with Gasteiger partial charge in [0.1, 0.15) is 11.6 Å². The fraction of sp³-hybridized carbons (Fsp3) is 0.0714. The first-order chi connectivity index (χ1) is 8.97. The fourth-order valence-electron chi connectivity index (χ4n) is 1.68.